The molecule has 0 aromatic heterocycles. The van der Waals surface area contributed by atoms with Crippen molar-refractivity contribution in [3.05, 3.63) is 62.5 Å². The summed E-state index contributed by atoms with van der Waals surface area (Å²) in [5.74, 6) is 0.646. The molecule has 0 saturated heterocycles. The maximum absolute atomic E-state index is 5.96. The molecule has 0 spiro atoms. The van der Waals surface area contributed by atoms with Gasteiger partial charge in [0.2, 0.25) is 0 Å². The highest BCUT2D eigenvalue weighted by Crippen LogP contribution is 2.29. The van der Waals surface area contributed by atoms with Gasteiger partial charge in [0.05, 0.1) is 10.0 Å². The van der Waals surface area contributed by atoms with Crippen molar-refractivity contribution in [2.24, 2.45) is 5.73 Å². The van der Waals surface area contributed by atoms with Gasteiger partial charge in [-0.1, -0.05) is 51.3 Å². The molecule has 0 heterocycles. The Morgan fingerprint density at radius 1 is 1.05 bits per heavy atom. The van der Waals surface area contributed by atoms with Gasteiger partial charge in [0.25, 0.3) is 0 Å². The van der Waals surface area contributed by atoms with Crippen molar-refractivity contribution in [3.8, 4) is 5.75 Å². The molecule has 0 aliphatic carbocycles. The molecule has 5 heteroatoms. The quantitative estimate of drug-likeness (QED) is 0.846. The van der Waals surface area contributed by atoms with Gasteiger partial charge in [0.15, 0.2) is 0 Å². The van der Waals surface area contributed by atoms with Crippen molar-refractivity contribution >= 4 is 39.1 Å². The van der Waals surface area contributed by atoms with E-state index in [9.17, 15) is 0 Å². The van der Waals surface area contributed by atoms with Gasteiger partial charge >= 0.3 is 0 Å². The first-order valence-corrected chi connectivity index (χ1v) is 7.22. The van der Waals surface area contributed by atoms with Gasteiger partial charge in [-0.05, 0) is 29.8 Å². The predicted octanol–water partition coefficient (Wildman–Crippen LogP) is 4.83. The molecule has 0 bridgehead atoms. The van der Waals surface area contributed by atoms with Gasteiger partial charge in [-0.3, -0.25) is 0 Å². The average molecular weight is 361 g/mol. The largest absolute Gasteiger partial charge is 0.484 e. The minimum absolute atomic E-state index is 0.217. The molecule has 0 saturated carbocycles. The van der Waals surface area contributed by atoms with E-state index in [1.165, 1.54) is 0 Å². The Balaban J connectivity index is 2.18. The Kier molecular flexibility index (Phi) is 5.11. The number of hydrogen-bond acceptors (Lipinski definition) is 2. The molecule has 0 amide bonds. The van der Waals surface area contributed by atoms with Crippen LogP contribution in [0, 0.1) is 0 Å². The molecule has 2 N–H and O–H groups in total. The van der Waals surface area contributed by atoms with Crippen LogP contribution in [0.3, 0.4) is 0 Å². The zero-order valence-electron chi connectivity index (χ0n) is 9.95. The molecule has 1 unspecified atom stereocenters. The minimum atomic E-state index is -0.217. The number of ether oxygens (including phenoxy) is 1. The van der Waals surface area contributed by atoms with E-state index in [0.717, 1.165) is 10.0 Å². The second-order valence-corrected chi connectivity index (χ2v) is 5.70. The number of halogens is 3. The lowest BCUT2D eigenvalue weighted by Crippen LogP contribution is -2.18. The van der Waals surface area contributed by atoms with E-state index < -0.39 is 0 Å². The van der Waals surface area contributed by atoms with Crippen molar-refractivity contribution in [1.29, 1.82) is 0 Å². The van der Waals surface area contributed by atoms with Gasteiger partial charge in [0, 0.05) is 17.1 Å². The van der Waals surface area contributed by atoms with Crippen LogP contribution in [0.5, 0.6) is 5.75 Å². The summed E-state index contributed by atoms with van der Waals surface area (Å²) in [4.78, 5) is 0. The fourth-order valence-corrected chi connectivity index (χ4v) is 2.20. The molecule has 0 radical (unpaired) electrons. The maximum Gasteiger partial charge on any atom is 0.136 e. The van der Waals surface area contributed by atoms with Crippen LogP contribution in [-0.2, 0) is 0 Å². The molecule has 1 atom stereocenters. The number of benzene rings is 2. The molecule has 2 nitrogen and oxygen atoms in total. The lowest BCUT2D eigenvalue weighted by atomic mass is 10.1. The lowest BCUT2D eigenvalue weighted by molar-refractivity contribution is 0.214. The van der Waals surface area contributed by atoms with Crippen LogP contribution < -0.4 is 10.5 Å². The van der Waals surface area contributed by atoms with Gasteiger partial charge < -0.3 is 10.5 Å². The van der Waals surface area contributed by atoms with Gasteiger partial charge in [0.1, 0.15) is 11.9 Å². The van der Waals surface area contributed by atoms with Crippen LogP contribution in [0.25, 0.3) is 0 Å². The van der Waals surface area contributed by atoms with E-state index >= 15 is 0 Å². The summed E-state index contributed by atoms with van der Waals surface area (Å²) in [5.41, 5.74) is 6.77. The summed E-state index contributed by atoms with van der Waals surface area (Å²) in [6.07, 6.45) is -0.217. The van der Waals surface area contributed by atoms with Crippen molar-refractivity contribution in [2.45, 2.75) is 6.10 Å². The van der Waals surface area contributed by atoms with Crippen LogP contribution in [0.15, 0.2) is 46.9 Å². The second-order valence-electron chi connectivity index (χ2n) is 3.97. The standard InChI is InChI=1S/C14H12BrCl2NO/c15-10-3-1-9(2-4-10)14(8-18)19-11-5-6-12(16)13(17)7-11/h1-7,14H,8,18H2. The van der Waals surface area contributed by atoms with Gasteiger partial charge in [-0.25, -0.2) is 0 Å². The summed E-state index contributed by atoms with van der Waals surface area (Å²) >= 11 is 15.2. The Morgan fingerprint density at radius 3 is 2.32 bits per heavy atom. The Morgan fingerprint density at radius 2 is 1.74 bits per heavy atom. The first-order valence-electron chi connectivity index (χ1n) is 5.67. The van der Waals surface area contributed by atoms with E-state index in [0.29, 0.717) is 22.3 Å². The van der Waals surface area contributed by atoms with E-state index in [-0.39, 0.29) is 6.10 Å². The summed E-state index contributed by atoms with van der Waals surface area (Å²) in [5, 5.41) is 0.965. The van der Waals surface area contributed by atoms with Crippen LogP contribution in [0.4, 0.5) is 0 Å². The first-order chi connectivity index (χ1) is 9.10. The molecule has 0 fully saturated rings. The number of nitrogens with two attached hydrogens (primary N) is 1. The molecular formula is C14H12BrCl2NO. The third kappa shape index (κ3) is 3.86. The second kappa shape index (κ2) is 6.62. The summed E-state index contributed by atoms with van der Waals surface area (Å²) in [7, 11) is 0. The smallest absolute Gasteiger partial charge is 0.136 e. The highest BCUT2D eigenvalue weighted by molar-refractivity contribution is 9.10. The van der Waals surface area contributed by atoms with E-state index in [2.05, 4.69) is 15.9 Å². The van der Waals surface area contributed by atoms with Gasteiger partial charge in [-0.15, -0.1) is 0 Å². The molecule has 2 aromatic carbocycles. The van der Waals surface area contributed by atoms with E-state index in [4.69, 9.17) is 33.7 Å². The molecule has 19 heavy (non-hydrogen) atoms. The van der Waals surface area contributed by atoms with Crippen molar-refractivity contribution < 1.29 is 4.74 Å². The van der Waals surface area contributed by atoms with E-state index in [1.54, 1.807) is 18.2 Å². The maximum atomic E-state index is 5.96. The van der Waals surface area contributed by atoms with Crippen LogP contribution in [-0.4, -0.2) is 6.54 Å². The highest BCUT2D eigenvalue weighted by Gasteiger charge is 2.12. The van der Waals surface area contributed by atoms with Crippen LogP contribution in [0.2, 0.25) is 10.0 Å². The SMILES string of the molecule is NCC(Oc1ccc(Cl)c(Cl)c1)c1ccc(Br)cc1. The minimum Gasteiger partial charge on any atom is -0.484 e. The Labute approximate surface area is 130 Å². The van der Waals surface area contributed by atoms with Crippen LogP contribution in [0.1, 0.15) is 11.7 Å². The average Bonchev–Trinajstić information content (AvgIpc) is 2.41. The van der Waals surface area contributed by atoms with Crippen molar-refractivity contribution in [1.82, 2.24) is 0 Å². The monoisotopic (exact) mass is 359 g/mol. The summed E-state index contributed by atoms with van der Waals surface area (Å²) < 4.78 is 6.86. The molecular weight excluding hydrogens is 349 g/mol. The molecule has 2 rings (SSSR count). The molecule has 0 aliphatic rings. The third-order valence-electron chi connectivity index (χ3n) is 2.63. The fourth-order valence-electron chi connectivity index (χ4n) is 1.64. The zero-order chi connectivity index (χ0) is 13.8. The molecule has 0 aliphatic heterocycles. The summed E-state index contributed by atoms with van der Waals surface area (Å²) in [6, 6.07) is 13.0. The number of hydrogen-bond donors (Lipinski definition) is 1. The fraction of sp³-hybridized carbons (Fsp3) is 0.143. The van der Waals surface area contributed by atoms with Crippen molar-refractivity contribution in [3.63, 3.8) is 0 Å². The van der Waals surface area contributed by atoms with Crippen molar-refractivity contribution in [2.75, 3.05) is 6.54 Å². The lowest BCUT2D eigenvalue weighted by Gasteiger charge is -2.18. The summed E-state index contributed by atoms with van der Waals surface area (Å²) in [6.45, 7) is 0.377. The predicted molar refractivity (Wildman–Crippen MR) is 83.0 cm³/mol. The number of rotatable bonds is 4. The first kappa shape index (κ1) is 14.7. The zero-order valence-corrected chi connectivity index (χ0v) is 13.0. The van der Waals surface area contributed by atoms with E-state index in [1.807, 2.05) is 24.3 Å². The highest BCUT2D eigenvalue weighted by atomic mass is 79.9. The topological polar surface area (TPSA) is 35.2 Å². The Bertz CT molecular complexity index is 560. The Hall–Kier alpha value is -0.740. The third-order valence-corrected chi connectivity index (χ3v) is 3.89. The van der Waals surface area contributed by atoms with Crippen LogP contribution >= 0.6 is 39.1 Å². The van der Waals surface area contributed by atoms with Gasteiger partial charge in [-0.2, -0.15) is 0 Å². The molecule has 100 valence electrons. The normalized spacial score (nSPS) is 12.2. The molecule has 2 aromatic rings.